The predicted octanol–water partition coefficient (Wildman–Crippen LogP) is 5.19. The van der Waals surface area contributed by atoms with Gasteiger partial charge in [0.2, 0.25) is 0 Å². The summed E-state index contributed by atoms with van der Waals surface area (Å²) in [6.45, 7) is 2.14. The molecule has 1 atom stereocenters. The topological polar surface area (TPSA) is 77.3 Å². The van der Waals surface area contributed by atoms with E-state index in [1.807, 2.05) is 24.3 Å². The normalized spacial score (nSPS) is 22.3. The molecule has 0 spiro atoms. The first kappa shape index (κ1) is 21.7. The number of methoxy groups -OCH3 is 1. The molecule has 1 heterocycles. The highest BCUT2D eigenvalue weighted by Crippen LogP contribution is 2.44. The molecule has 1 saturated carbocycles. The van der Waals surface area contributed by atoms with Gasteiger partial charge in [-0.3, -0.25) is 4.79 Å². The van der Waals surface area contributed by atoms with Crippen LogP contribution in [-0.2, 0) is 5.41 Å². The van der Waals surface area contributed by atoms with Crippen molar-refractivity contribution in [2.75, 3.05) is 7.11 Å². The van der Waals surface area contributed by atoms with Gasteiger partial charge in [0, 0.05) is 23.0 Å². The molecule has 0 amide bonds. The standard InChI is InChI=1S/C25H29ClN2O3/c1-3-23(27)25(17-5-4-6-19(14-17)30-2)10-7-18(8-11-25)31-22-13-16-9-12-28-24(29)20(16)15-21(22)26/h4-6,9,12-15,18,23H,3,7-8,10-11,27H2,1-2H3,(H,28,29)/t18-,23?,25-. The van der Waals surface area contributed by atoms with Crippen LogP contribution in [0.3, 0.4) is 0 Å². The van der Waals surface area contributed by atoms with Crippen molar-refractivity contribution in [3.05, 3.63) is 69.6 Å². The van der Waals surface area contributed by atoms with E-state index in [9.17, 15) is 4.79 Å². The summed E-state index contributed by atoms with van der Waals surface area (Å²) in [5, 5.41) is 1.84. The Morgan fingerprint density at radius 3 is 2.71 bits per heavy atom. The number of halogens is 1. The fraction of sp³-hybridized carbons (Fsp3) is 0.400. The van der Waals surface area contributed by atoms with Crippen molar-refractivity contribution in [2.45, 2.75) is 56.6 Å². The van der Waals surface area contributed by atoms with Crippen molar-refractivity contribution in [3.8, 4) is 11.5 Å². The minimum absolute atomic E-state index is 0.0553. The maximum Gasteiger partial charge on any atom is 0.255 e. The molecule has 0 aliphatic heterocycles. The van der Waals surface area contributed by atoms with Gasteiger partial charge >= 0.3 is 0 Å². The van der Waals surface area contributed by atoms with Crippen molar-refractivity contribution in [1.82, 2.24) is 4.98 Å². The molecule has 0 radical (unpaired) electrons. The monoisotopic (exact) mass is 440 g/mol. The second-order valence-electron chi connectivity index (χ2n) is 8.40. The third-order valence-corrected chi connectivity index (χ3v) is 7.03. The van der Waals surface area contributed by atoms with Crippen LogP contribution < -0.4 is 20.8 Å². The average molecular weight is 441 g/mol. The zero-order valence-electron chi connectivity index (χ0n) is 18.0. The van der Waals surface area contributed by atoms with Gasteiger partial charge in [0.15, 0.2) is 0 Å². The highest BCUT2D eigenvalue weighted by atomic mass is 35.5. The number of ether oxygens (including phenoxy) is 2. The lowest BCUT2D eigenvalue weighted by atomic mass is 9.64. The average Bonchev–Trinajstić information content (AvgIpc) is 2.80. The van der Waals surface area contributed by atoms with E-state index >= 15 is 0 Å². The van der Waals surface area contributed by atoms with Crippen LogP contribution in [0.5, 0.6) is 11.5 Å². The first-order valence-corrected chi connectivity index (χ1v) is 11.2. The van der Waals surface area contributed by atoms with Crippen LogP contribution in [0, 0.1) is 0 Å². The van der Waals surface area contributed by atoms with E-state index in [1.165, 1.54) is 5.56 Å². The molecule has 1 aliphatic carbocycles. The van der Waals surface area contributed by atoms with Crippen LogP contribution in [0.15, 0.2) is 53.5 Å². The molecule has 164 valence electrons. The van der Waals surface area contributed by atoms with Gasteiger partial charge < -0.3 is 20.2 Å². The fourth-order valence-corrected chi connectivity index (χ4v) is 5.09. The van der Waals surface area contributed by atoms with Gasteiger partial charge in [-0.1, -0.05) is 30.7 Å². The van der Waals surface area contributed by atoms with E-state index < -0.39 is 0 Å². The van der Waals surface area contributed by atoms with Crippen molar-refractivity contribution < 1.29 is 9.47 Å². The lowest BCUT2D eigenvalue weighted by molar-refractivity contribution is 0.104. The fourth-order valence-electron chi connectivity index (χ4n) is 4.88. The summed E-state index contributed by atoms with van der Waals surface area (Å²) in [6.07, 6.45) is 6.24. The molecule has 1 aromatic heterocycles. The van der Waals surface area contributed by atoms with Gasteiger partial charge in [-0.25, -0.2) is 0 Å². The summed E-state index contributed by atoms with van der Waals surface area (Å²) in [5.41, 5.74) is 7.66. The van der Waals surface area contributed by atoms with E-state index in [-0.39, 0.29) is 23.1 Å². The van der Waals surface area contributed by atoms with E-state index in [1.54, 1.807) is 19.4 Å². The molecule has 1 fully saturated rings. The Balaban J connectivity index is 1.56. The number of aromatic nitrogens is 1. The number of hydrogen-bond acceptors (Lipinski definition) is 4. The maximum absolute atomic E-state index is 12.0. The zero-order chi connectivity index (χ0) is 22.0. The van der Waals surface area contributed by atoms with Crippen LogP contribution in [0.1, 0.15) is 44.6 Å². The molecule has 0 bridgehead atoms. The van der Waals surface area contributed by atoms with Crippen LogP contribution in [0.2, 0.25) is 5.02 Å². The molecular weight excluding hydrogens is 412 g/mol. The van der Waals surface area contributed by atoms with E-state index in [2.05, 4.69) is 24.0 Å². The van der Waals surface area contributed by atoms with Gasteiger partial charge in [0.1, 0.15) is 11.5 Å². The number of H-pyrrole nitrogens is 1. The molecule has 5 nitrogen and oxygen atoms in total. The van der Waals surface area contributed by atoms with Crippen molar-refractivity contribution in [1.29, 1.82) is 0 Å². The Labute approximate surface area is 187 Å². The second kappa shape index (κ2) is 8.93. The molecule has 1 unspecified atom stereocenters. The number of hydrogen-bond donors (Lipinski definition) is 2. The molecule has 31 heavy (non-hydrogen) atoms. The minimum atomic E-state index is -0.153. The minimum Gasteiger partial charge on any atom is -0.497 e. The molecule has 3 aromatic rings. The Morgan fingerprint density at radius 2 is 2.00 bits per heavy atom. The number of aromatic amines is 1. The van der Waals surface area contributed by atoms with Gasteiger partial charge in [0.25, 0.3) is 5.56 Å². The molecule has 0 saturated heterocycles. The number of nitrogens with two attached hydrogens (primary N) is 1. The number of benzene rings is 2. The highest BCUT2D eigenvalue weighted by molar-refractivity contribution is 6.32. The molecule has 2 aromatic carbocycles. The van der Waals surface area contributed by atoms with Gasteiger partial charge in [-0.05, 0) is 73.4 Å². The summed E-state index contributed by atoms with van der Waals surface area (Å²) in [4.78, 5) is 14.7. The van der Waals surface area contributed by atoms with Crippen LogP contribution >= 0.6 is 11.6 Å². The third kappa shape index (κ3) is 4.17. The van der Waals surface area contributed by atoms with Crippen molar-refractivity contribution in [3.63, 3.8) is 0 Å². The Bertz CT molecular complexity index is 1120. The summed E-state index contributed by atoms with van der Waals surface area (Å²) in [5.74, 6) is 1.48. The quantitative estimate of drug-likeness (QED) is 0.553. The summed E-state index contributed by atoms with van der Waals surface area (Å²) in [6, 6.07) is 13.8. The van der Waals surface area contributed by atoms with E-state index in [4.69, 9.17) is 26.8 Å². The Morgan fingerprint density at radius 1 is 1.23 bits per heavy atom. The molecule has 4 rings (SSSR count). The first-order valence-electron chi connectivity index (χ1n) is 10.8. The molecule has 6 heteroatoms. The smallest absolute Gasteiger partial charge is 0.255 e. The summed E-state index contributed by atoms with van der Waals surface area (Å²) >= 11 is 6.44. The molecule has 1 aliphatic rings. The van der Waals surface area contributed by atoms with Crippen molar-refractivity contribution in [2.24, 2.45) is 5.73 Å². The predicted molar refractivity (Wildman–Crippen MR) is 125 cm³/mol. The zero-order valence-corrected chi connectivity index (χ0v) is 18.7. The van der Waals surface area contributed by atoms with Gasteiger partial charge in [-0.15, -0.1) is 0 Å². The SMILES string of the molecule is CCC(N)[C@]1(c2cccc(OC)c2)CC[C@@H](Oc2cc3cc[nH]c(=O)c3cc2Cl)CC1. The number of fused-ring (bicyclic) bond motifs is 1. The number of pyridine rings is 1. The number of nitrogens with one attached hydrogen (secondary N) is 1. The van der Waals surface area contributed by atoms with Crippen LogP contribution in [0.4, 0.5) is 0 Å². The third-order valence-electron chi connectivity index (χ3n) is 6.74. The van der Waals surface area contributed by atoms with Gasteiger partial charge in [-0.2, -0.15) is 0 Å². The number of rotatable bonds is 6. The van der Waals surface area contributed by atoms with Crippen molar-refractivity contribution >= 4 is 22.4 Å². The first-order chi connectivity index (χ1) is 15.0. The Kier molecular flexibility index (Phi) is 6.26. The van der Waals surface area contributed by atoms with E-state index in [0.29, 0.717) is 16.2 Å². The summed E-state index contributed by atoms with van der Waals surface area (Å²) in [7, 11) is 1.69. The van der Waals surface area contributed by atoms with Gasteiger partial charge in [0.05, 0.1) is 18.2 Å². The van der Waals surface area contributed by atoms with Crippen LogP contribution in [-0.4, -0.2) is 24.2 Å². The summed E-state index contributed by atoms with van der Waals surface area (Å²) < 4.78 is 11.8. The molecule has 3 N–H and O–H groups in total. The van der Waals surface area contributed by atoms with E-state index in [0.717, 1.165) is 43.2 Å². The lowest BCUT2D eigenvalue weighted by Crippen LogP contribution is -2.48. The Hall–Kier alpha value is -2.50. The highest BCUT2D eigenvalue weighted by Gasteiger charge is 2.41. The maximum atomic E-state index is 12.0. The lowest BCUT2D eigenvalue weighted by Gasteiger charge is -2.44. The van der Waals surface area contributed by atoms with Crippen LogP contribution in [0.25, 0.3) is 10.8 Å². The molecular formula is C25H29ClN2O3. The second-order valence-corrected chi connectivity index (χ2v) is 8.80. The largest absolute Gasteiger partial charge is 0.497 e.